The van der Waals surface area contributed by atoms with Crippen molar-refractivity contribution in [3.63, 3.8) is 0 Å². The Kier molecular flexibility index (Phi) is 8.82. The second kappa shape index (κ2) is 12.8. The summed E-state index contributed by atoms with van der Waals surface area (Å²) in [5, 5.41) is 8.88. The topological polar surface area (TPSA) is 93.8 Å². The van der Waals surface area contributed by atoms with Gasteiger partial charge in [0, 0.05) is 55.7 Å². The Morgan fingerprint density at radius 2 is 1.49 bits per heavy atom. The summed E-state index contributed by atoms with van der Waals surface area (Å²) >= 11 is 0. The second-order valence-electron chi connectivity index (χ2n) is 10.8. The highest BCUT2D eigenvalue weighted by atomic mass is 19.1. The van der Waals surface area contributed by atoms with Crippen molar-refractivity contribution < 1.29 is 18.8 Å². The van der Waals surface area contributed by atoms with Gasteiger partial charge in [-0.2, -0.15) is 0 Å². The molecule has 0 unspecified atom stereocenters. The van der Waals surface area contributed by atoms with E-state index < -0.39 is 0 Å². The molecule has 5 rings (SSSR count). The molecule has 0 aromatic heterocycles. The molecule has 9 heteroatoms. The summed E-state index contributed by atoms with van der Waals surface area (Å²) in [4.78, 5) is 42.9. The third-order valence-electron chi connectivity index (χ3n) is 7.81. The Hall–Kier alpha value is -4.40. The molecule has 41 heavy (non-hydrogen) atoms. The van der Waals surface area contributed by atoms with Gasteiger partial charge in [-0.15, -0.1) is 0 Å². The molecule has 1 heterocycles. The predicted octanol–water partition coefficient (Wildman–Crippen LogP) is 5.55. The number of rotatable bonds is 7. The minimum Gasteiger partial charge on any atom is -0.367 e. The van der Waals surface area contributed by atoms with E-state index in [1.807, 2.05) is 43.3 Å². The number of benzene rings is 3. The third-order valence-corrected chi connectivity index (χ3v) is 7.81. The summed E-state index contributed by atoms with van der Waals surface area (Å²) in [7, 11) is 0. The molecule has 0 spiro atoms. The van der Waals surface area contributed by atoms with Crippen LogP contribution in [0.2, 0.25) is 0 Å². The number of anilines is 3. The van der Waals surface area contributed by atoms with Gasteiger partial charge in [0.2, 0.25) is 5.91 Å². The van der Waals surface area contributed by atoms with Gasteiger partial charge >= 0.3 is 6.03 Å². The number of hydrogen-bond donors (Lipinski definition) is 3. The lowest BCUT2D eigenvalue weighted by molar-refractivity contribution is -0.119. The van der Waals surface area contributed by atoms with Crippen molar-refractivity contribution in [2.75, 3.05) is 41.7 Å². The first kappa shape index (κ1) is 28.1. The second-order valence-corrected chi connectivity index (χ2v) is 10.8. The molecule has 4 amide bonds. The van der Waals surface area contributed by atoms with E-state index in [4.69, 9.17) is 0 Å². The van der Waals surface area contributed by atoms with Crippen LogP contribution < -0.4 is 20.9 Å². The fourth-order valence-electron chi connectivity index (χ4n) is 5.37. The fourth-order valence-corrected chi connectivity index (χ4v) is 5.37. The van der Waals surface area contributed by atoms with Gasteiger partial charge in [-0.1, -0.05) is 42.7 Å². The largest absolute Gasteiger partial charge is 0.367 e. The van der Waals surface area contributed by atoms with Crippen molar-refractivity contribution in [2.24, 2.45) is 5.92 Å². The van der Waals surface area contributed by atoms with Crippen LogP contribution in [0.3, 0.4) is 0 Å². The molecule has 214 valence electrons. The van der Waals surface area contributed by atoms with Gasteiger partial charge in [0.15, 0.2) is 0 Å². The summed E-state index contributed by atoms with van der Waals surface area (Å²) in [6, 6.07) is 18.9. The lowest BCUT2D eigenvalue weighted by Crippen LogP contribution is -2.50. The zero-order valence-corrected chi connectivity index (χ0v) is 23.3. The summed E-state index contributed by atoms with van der Waals surface area (Å²) in [5.41, 5.74) is 4.40. The van der Waals surface area contributed by atoms with Crippen LogP contribution in [0.4, 0.5) is 26.2 Å². The van der Waals surface area contributed by atoms with Crippen LogP contribution in [-0.2, 0) is 11.3 Å². The van der Waals surface area contributed by atoms with Crippen molar-refractivity contribution in [3.05, 3.63) is 89.2 Å². The Morgan fingerprint density at radius 1 is 0.829 bits per heavy atom. The predicted molar refractivity (Wildman–Crippen MR) is 159 cm³/mol. The highest BCUT2D eigenvalue weighted by Gasteiger charge is 2.26. The first-order chi connectivity index (χ1) is 19.9. The van der Waals surface area contributed by atoms with Gasteiger partial charge in [-0.05, 0) is 67.8 Å². The molecule has 2 aliphatic rings. The lowest BCUT2D eigenvalue weighted by atomic mass is 10.1. The summed E-state index contributed by atoms with van der Waals surface area (Å²) in [6.45, 7) is 4.33. The number of aryl methyl sites for hydroxylation is 1. The highest BCUT2D eigenvalue weighted by molar-refractivity contribution is 6.02. The van der Waals surface area contributed by atoms with Crippen LogP contribution >= 0.6 is 0 Å². The zero-order valence-electron chi connectivity index (χ0n) is 23.3. The zero-order chi connectivity index (χ0) is 28.8. The van der Waals surface area contributed by atoms with E-state index in [0.717, 1.165) is 48.2 Å². The van der Waals surface area contributed by atoms with E-state index in [9.17, 15) is 18.8 Å². The summed E-state index contributed by atoms with van der Waals surface area (Å²) in [6.07, 6.45) is 3.89. The number of urea groups is 1. The van der Waals surface area contributed by atoms with Crippen LogP contribution in [0.1, 0.15) is 47.2 Å². The van der Waals surface area contributed by atoms with Crippen LogP contribution in [0.25, 0.3) is 0 Å². The molecule has 8 nitrogen and oxygen atoms in total. The minimum atomic E-state index is -0.334. The summed E-state index contributed by atoms with van der Waals surface area (Å²) in [5.74, 6) is -0.633. The molecule has 1 saturated heterocycles. The van der Waals surface area contributed by atoms with Crippen LogP contribution in [-0.4, -0.2) is 48.9 Å². The Balaban J connectivity index is 1.28. The number of hydrogen-bond acceptors (Lipinski definition) is 4. The molecule has 2 fully saturated rings. The average molecular weight is 558 g/mol. The van der Waals surface area contributed by atoms with Gasteiger partial charge in [-0.3, -0.25) is 9.59 Å². The number of carbonyl (C=O) groups excluding carboxylic acids is 3. The first-order valence-corrected chi connectivity index (χ1v) is 14.2. The van der Waals surface area contributed by atoms with Crippen LogP contribution in [0, 0.1) is 18.7 Å². The molecule has 1 aliphatic heterocycles. The third kappa shape index (κ3) is 7.22. The van der Waals surface area contributed by atoms with Crippen molar-refractivity contribution >= 4 is 34.9 Å². The Morgan fingerprint density at radius 3 is 2.17 bits per heavy atom. The normalized spacial score (nSPS) is 15.5. The van der Waals surface area contributed by atoms with Gasteiger partial charge < -0.3 is 25.8 Å². The van der Waals surface area contributed by atoms with Gasteiger partial charge in [0.05, 0.1) is 5.56 Å². The molecule has 0 bridgehead atoms. The first-order valence-electron chi connectivity index (χ1n) is 14.2. The number of nitrogens with one attached hydrogen (secondary N) is 3. The maximum atomic E-state index is 13.4. The molecular formula is C32H36FN5O3. The van der Waals surface area contributed by atoms with E-state index in [1.54, 1.807) is 23.1 Å². The maximum Gasteiger partial charge on any atom is 0.321 e. The monoisotopic (exact) mass is 557 g/mol. The smallest absolute Gasteiger partial charge is 0.321 e. The molecule has 1 aliphatic carbocycles. The Bertz CT molecular complexity index is 1380. The number of piperazine rings is 1. The maximum absolute atomic E-state index is 13.4. The van der Waals surface area contributed by atoms with Crippen LogP contribution in [0.15, 0.2) is 66.7 Å². The van der Waals surface area contributed by atoms with E-state index >= 15 is 0 Å². The molecule has 1 saturated carbocycles. The Labute approximate surface area is 239 Å². The molecule has 3 aromatic carbocycles. The molecular weight excluding hydrogens is 521 g/mol. The van der Waals surface area contributed by atoms with Crippen molar-refractivity contribution in [3.8, 4) is 0 Å². The number of carbonyl (C=O) groups is 3. The van der Waals surface area contributed by atoms with E-state index in [-0.39, 0.29) is 36.1 Å². The quantitative estimate of drug-likeness (QED) is 0.355. The highest BCUT2D eigenvalue weighted by Crippen LogP contribution is 2.29. The average Bonchev–Trinajstić information content (AvgIpc) is 3.54. The van der Waals surface area contributed by atoms with Gasteiger partial charge in [0.25, 0.3) is 5.91 Å². The standard InChI is InChI=1S/C32H36FN5O3/c1-22-6-12-26(13-7-22)36-32(41)38-18-16-37(17-19-38)29-15-14-27(35-30(39)24-4-2-3-5-24)20-28(29)31(40)34-21-23-8-10-25(33)11-9-23/h6-15,20,24H,2-5,16-19,21H2,1H3,(H,34,40)(H,35,39)(H,36,41). The van der Waals surface area contributed by atoms with Crippen molar-refractivity contribution in [1.29, 1.82) is 0 Å². The SMILES string of the molecule is Cc1ccc(NC(=O)N2CCN(c3ccc(NC(=O)C4CCCC4)cc3C(=O)NCc3ccc(F)cc3)CC2)cc1. The minimum absolute atomic E-state index is 0.00422. The van der Waals surface area contributed by atoms with Crippen molar-refractivity contribution in [1.82, 2.24) is 10.2 Å². The van der Waals surface area contributed by atoms with Gasteiger partial charge in [0.1, 0.15) is 5.82 Å². The summed E-state index contributed by atoms with van der Waals surface area (Å²) < 4.78 is 13.3. The number of amides is 4. The molecule has 0 atom stereocenters. The van der Waals surface area contributed by atoms with E-state index in [1.165, 1.54) is 12.1 Å². The van der Waals surface area contributed by atoms with Gasteiger partial charge in [-0.25, -0.2) is 9.18 Å². The molecule has 3 N–H and O–H groups in total. The van der Waals surface area contributed by atoms with Crippen molar-refractivity contribution in [2.45, 2.75) is 39.2 Å². The number of halogens is 1. The lowest BCUT2D eigenvalue weighted by Gasteiger charge is -2.37. The van der Waals surface area contributed by atoms with E-state index in [2.05, 4.69) is 20.9 Å². The van der Waals surface area contributed by atoms with Crippen LogP contribution in [0.5, 0.6) is 0 Å². The fraction of sp³-hybridized carbons (Fsp3) is 0.344. The van der Waals surface area contributed by atoms with E-state index in [0.29, 0.717) is 37.4 Å². The molecule has 3 aromatic rings. The molecule has 0 radical (unpaired) electrons. The number of nitrogens with zero attached hydrogens (tertiary/aromatic N) is 2.